The number of rotatable bonds is 5. The largest absolute Gasteiger partial charge is 0.334 e. The third-order valence-electron chi connectivity index (χ3n) is 5.27. The summed E-state index contributed by atoms with van der Waals surface area (Å²) in [5.74, 6) is 1.92. The molecule has 150 valence electrons. The van der Waals surface area contributed by atoms with E-state index in [-0.39, 0.29) is 12.4 Å². The maximum Gasteiger partial charge on any atom is 0.259 e. The van der Waals surface area contributed by atoms with Crippen LogP contribution in [0.5, 0.6) is 0 Å². The number of benzene rings is 1. The van der Waals surface area contributed by atoms with Crippen molar-refractivity contribution in [3.8, 4) is 11.5 Å². The number of pyridine rings is 1. The lowest BCUT2D eigenvalue weighted by atomic mass is 9.99. The predicted molar refractivity (Wildman–Crippen MR) is 116 cm³/mol. The van der Waals surface area contributed by atoms with Crippen LogP contribution in [0.3, 0.4) is 0 Å². The van der Waals surface area contributed by atoms with E-state index in [1.54, 1.807) is 11.8 Å². The summed E-state index contributed by atoms with van der Waals surface area (Å²) in [4.78, 5) is 10.4. The summed E-state index contributed by atoms with van der Waals surface area (Å²) in [5.41, 5.74) is 8.97. The van der Waals surface area contributed by atoms with Gasteiger partial charge in [-0.3, -0.25) is 0 Å². The summed E-state index contributed by atoms with van der Waals surface area (Å²) in [6.45, 7) is 0. The van der Waals surface area contributed by atoms with Gasteiger partial charge in [-0.15, -0.1) is 24.2 Å². The highest BCUT2D eigenvalue weighted by Gasteiger charge is 2.36. The predicted octanol–water partition coefficient (Wildman–Crippen LogP) is 4.83. The first-order valence-electron chi connectivity index (χ1n) is 9.49. The molecule has 4 aromatic rings. The Morgan fingerprint density at radius 1 is 1.07 bits per heavy atom. The van der Waals surface area contributed by atoms with Crippen LogP contribution in [-0.2, 0) is 11.3 Å². The fourth-order valence-electron chi connectivity index (χ4n) is 3.74. The lowest BCUT2D eigenvalue weighted by molar-refractivity contribution is 0.372. The molecule has 0 amide bonds. The van der Waals surface area contributed by atoms with Crippen LogP contribution in [-0.4, -0.2) is 19.5 Å². The summed E-state index contributed by atoms with van der Waals surface area (Å²) in [6, 6.07) is 14.1. The quantitative estimate of drug-likeness (QED) is 0.459. The van der Waals surface area contributed by atoms with E-state index in [4.69, 9.17) is 10.3 Å². The summed E-state index contributed by atoms with van der Waals surface area (Å²) < 4.78 is 7.63. The van der Waals surface area contributed by atoms with E-state index >= 15 is 0 Å². The smallest absolute Gasteiger partial charge is 0.259 e. The van der Waals surface area contributed by atoms with E-state index in [0.717, 1.165) is 53.2 Å². The standard InChI is InChI=1S/C21H21N5OS.ClH/c22-21(10-4-5-11-21)20-24-19(27-25-20)16-7-1-2-8-17(16)28-14-15-13-26-12-6-3-9-18(26)23-15;/h1-3,6-9,12-13H,4-5,10-11,14,22H2;1H. The number of fused-ring (bicyclic) bond motifs is 1. The molecule has 1 aliphatic rings. The van der Waals surface area contributed by atoms with E-state index in [0.29, 0.717) is 11.7 Å². The molecule has 2 N–H and O–H groups in total. The molecule has 1 saturated carbocycles. The fraction of sp³-hybridized carbons (Fsp3) is 0.286. The number of hydrogen-bond donors (Lipinski definition) is 1. The van der Waals surface area contributed by atoms with Crippen LogP contribution in [0, 0.1) is 0 Å². The summed E-state index contributed by atoms with van der Waals surface area (Å²) in [5, 5.41) is 4.20. The van der Waals surface area contributed by atoms with Gasteiger partial charge in [0, 0.05) is 23.0 Å². The normalized spacial score (nSPS) is 15.5. The van der Waals surface area contributed by atoms with Gasteiger partial charge in [-0.2, -0.15) is 4.98 Å². The molecule has 3 aromatic heterocycles. The third-order valence-corrected chi connectivity index (χ3v) is 6.38. The molecular weight excluding hydrogens is 406 g/mol. The van der Waals surface area contributed by atoms with Crippen molar-refractivity contribution in [2.75, 3.05) is 0 Å². The van der Waals surface area contributed by atoms with E-state index in [1.807, 2.05) is 47.0 Å². The lowest BCUT2D eigenvalue weighted by Crippen LogP contribution is -2.34. The van der Waals surface area contributed by atoms with Crippen LogP contribution in [0.1, 0.15) is 37.2 Å². The van der Waals surface area contributed by atoms with Crippen molar-refractivity contribution in [1.82, 2.24) is 19.5 Å². The molecule has 0 unspecified atom stereocenters. The Bertz CT molecular complexity index is 1090. The minimum atomic E-state index is -0.444. The Kier molecular flexibility index (Phi) is 5.63. The van der Waals surface area contributed by atoms with E-state index in [9.17, 15) is 0 Å². The number of halogens is 1. The van der Waals surface area contributed by atoms with Crippen LogP contribution in [0.2, 0.25) is 0 Å². The molecule has 1 aromatic carbocycles. The molecule has 8 heteroatoms. The molecule has 3 heterocycles. The first kappa shape index (κ1) is 19.9. The van der Waals surface area contributed by atoms with Gasteiger partial charge < -0.3 is 14.7 Å². The van der Waals surface area contributed by atoms with Crippen molar-refractivity contribution < 1.29 is 4.52 Å². The van der Waals surface area contributed by atoms with E-state index < -0.39 is 5.54 Å². The maximum atomic E-state index is 6.48. The molecule has 5 rings (SSSR count). The zero-order chi connectivity index (χ0) is 19.0. The van der Waals surface area contributed by atoms with E-state index in [2.05, 4.69) is 27.4 Å². The van der Waals surface area contributed by atoms with Gasteiger partial charge in [0.15, 0.2) is 5.82 Å². The molecule has 0 atom stereocenters. The number of nitrogens with two attached hydrogens (primary N) is 1. The number of aromatic nitrogens is 4. The van der Waals surface area contributed by atoms with Gasteiger partial charge in [-0.1, -0.05) is 36.2 Å². The molecule has 0 spiro atoms. The molecule has 0 bridgehead atoms. The molecule has 6 nitrogen and oxygen atoms in total. The summed E-state index contributed by atoms with van der Waals surface area (Å²) in [7, 11) is 0. The van der Waals surface area contributed by atoms with Gasteiger partial charge in [0.05, 0.1) is 16.8 Å². The van der Waals surface area contributed by atoms with Gasteiger partial charge in [0.1, 0.15) is 5.65 Å². The zero-order valence-corrected chi connectivity index (χ0v) is 17.5. The summed E-state index contributed by atoms with van der Waals surface area (Å²) >= 11 is 1.72. The zero-order valence-electron chi connectivity index (χ0n) is 15.8. The van der Waals surface area contributed by atoms with Crippen molar-refractivity contribution in [3.05, 3.63) is 66.4 Å². The highest BCUT2D eigenvalue weighted by molar-refractivity contribution is 7.98. The second kappa shape index (κ2) is 8.18. The number of imidazole rings is 1. The van der Waals surface area contributed by atoms with Crippen molar-refractivity contribution in [3.63, 3.8) is 0 Å². The number of nitrogens with zero attached hydrogens (tertiary/aromatic N) is 4. The van der Waals surface area contributed by atoms with Gasteiger partial charge >= 0.3 is 0 Å². The average molecular weight is 428 g/mol. The Hall–Kier alpha value is -2.35. The minimum Gasteiger partial charge on any atom is -0.334 e. The SMILES string of the molecule is Cl.NC1(c2noc(-c3ccccc3SCc3cn4ccccc4n3)n2)CCCC1. The molecule has 29 heavy (non-hydrogen) atoms. The Labute approximate surface area is 179 Å². The van der Waals surface area contributed by atoms with Crippen molar-refractivity contribution in [2.24, 2.45) is 5.73 Å². The molecule has 1 fully saturated rings. The molecule has 0 radical (unpaired) electrons. The number of hydrogen-bond acceptors (Lipinski definition) is 6. The highest BCUT2D eigenvalue weighted by atomic mass is 35.5. The van der Waals surface area contributed by atoms with E-state index in [1.165, 1.54) is 0 Å². The van der Waals surface area contributed by atoms with Crippen LogP contribution in [0.15, 0.2) is 64.3 Å². The Morgan fingerprint density at radius 2 is 1.86 bits per heavy atom. The Balaban J connectivity index is 0.00000205. The van der Waals surface area contributed by atoms with Crippen molar-refractivity contribution in [2.45, 2.75) is 41.9 Å². The number of thioether (sulfide) groups is 1. The maximum absolute atomic E-state index is 6.48. The third kappa shape index (κ3) is 3.90. The lowest BCUT2D eigenvalue weighted by Gasteiger charge is -2.17. The van der Waals surface area contributed by atoms with Gasteiger partial charge in [-0.05, 0) is 37.1 Å². The Morgan fingerprint density at radius 3 is 2.69 bits per heavy atom. The van der Waals surface area contributed by atoms with Crippen LogP contribution >= 0.6 is 24.2 Å². The fourth-order valence-corrected chi connectivity index (χ4v) is 4.67. The van der Waals surface area contributed by atoms with Crippen LogP contribution in [0.25, 0.3) is 17.1 Å². The van der Waals surface area contributed by atoms with Crippen LogP contribution in [0.4, 0.5) is 0 Å². The van der Waals surface area contributed by atoms with Crippen molar-refractivity contribution >= 4 is 29.8 Å². The topological polar surface area (TPSA) is 82.2 Å². The average Bonchev–Trinajstić information content (AvgIpc) is 3.46. The highest BCUT2D eigenvalue weighted by Crippen LogP contribution is 2.37. The first-order chi connectivity index (χ1) is 13.7. The molecule has 0 saturated heterocycles. The second-order valence-electron chi connectivity index (χ2n) is 7.27. The molecule has 1 aliphatic carbocycles. The molecule has 0 aliphatic heterocycles. The molecular formula is C21H22ClN5OS. The van der Waals surface area contributed by atoms with Crippen molar-refractivity contribution in [1.29, 1.82) is 0 Å². The van der Waals surface area contributed by atoms with Gasteiger partial charge in [0.2, 0.25) is 0 Å². The summed E-state index contributed by atoms with van der Waals surface area (Å²) in [6.07, 6.45) is 8.13. The monoisotopic (exact) mass is 427 g/mol. The van der Waals surface area contributed by atoms with Crippen LogP contribution < -0.4 is 5.73 Å². The van der Waals surface area contributed by atoms with Gasteiger partial charge in [-0.25, -0.2) is 4.98 Å². The first-order valence-corrected chi connectivity index (χ1v) is 10.5. The minimum absolute atomic E-state index is 0. The van der Waals surface area contributed by atoms with Gasteiger partial charge in [0.25, 0.3) is 5.89 Å². The second-order valence-corrected chi connectivity index (χ2v) is 8.29.